The molecule has 1 rings (SSSR count). The van der Waals surface area contributed by atoms with Crippen LogP contribution in [-0.2, 0) is 0 Å². The zero-order valence-electron chi connectivity index (χ0n) is 8.42. The van der Waals surface area contributed by atoms with Crippen molar-refractivity contribution in [1.29, 1.82) is 0 Å². The maximum Gasteiger partial charge on any atom is 0.0139 e. The number of likely N-dealkylation sites (tertiary alicyclic amines) is 1. The Balaban J connectivity index is 2.36. The summed E-state index contributed by atoms with van der Waals surface area (Å²) in [6, 6.07) is 1.07. The van der Waals surface area contributed by atoms with Crippen LogP contribution in [0.4, 0.5) is 0 Å². The first kappa shape index (κ1) is 10.0. The summed E-state index contributed by atoms with van der Waals surface area (Å²) in [4.78, 5) is 2.54. The third-order valence-electron chi connectivity index (χ3n) is 2.71. The Hall–Kier alpha value is -0.0800. The Bertz CT molecular complexity index is 123. The molecule has 0 spiro atoms. The van der Waals surface area contributed by atoms with Crippen molar-refractivity contribution in [3.05, 3.63) is 0 Å². The maximum atomic E-state index is 5.79. The van der Waals surface area contributed by atoms with Gasteiger partial charge in [-0.1, -0.05) is 12.8 Å². The first-order valence-electron chi connectivity index (χ1n) is 5.20. The minimum Gasteiger partial charge on any atom is -0.327 e. The fraction of sp³-hybridized carbons (Fsp3) is 1.00. The Morgan fingerprint density at radius 3 is 2.83 bits per heavy atom. The van der Waals surface area contributed by atoms with E-state index < -0.39 is 0 Å². The topological polar surface area (TPSA) is 29.3 Å². The zero-order valence-corrected chi connectivity index (χ0v) is 8.42. The van der Waals surface area contributed by atoms with Gasteiger partial charge in [0.05, 0.1) is 0 Å². The summed E-state index contributed by atoms with van der Waals surface area (Å²) in [5.41, 5.74) is 5.79. The van der Waals surface area contributed by atoms with E-state index in [4.69, 9.17) is 5.73 Å². The average Bonchev–Trinajstić information content (AvgIpc) is 2.16. The summed E-state index contributed by atoms with van der Waals surface area (Å²) in [6.07, 6.45) is 5.51. The van der Waals surface area contributed by atoms with Crippen LogP contribution in [-0.4, -0.2) is 30.1 Å². The van der Waals surface area contributed by atoms with Crippen molar-refractivity contribution in [1.82, 2.24) is 4.90 Å². The van der Waals surface area contributed by atoms with Crippen LogP contribution in [0, 0.1) is 0 Å². The molecule has 2 atom stereocenters. The predicted molar refractivity (Wildman–Crippen MR) is 53.2 cm³/mol. The minimum absolute atomic E-state index is 0.325. The van der Waals surface area contributed by atoms with Gasteiger partial charge in [0, 0.05) is 18.6 Å². The van der Waals surface area contributed by atoms with Gasteiger partial charge in [-0.2, -0.15) is 0 Å². The largest absolute Gasteiger partial charge is 0.327 e. The summed E-state index contributed by atoms with van der Waals surface area (Å²) < 4.78 is 0. The molecule has 1 heterocycles. The molecule has 0 bridgehead atoms. The predicted octanol–water partition coefficient (Wildman–Crippen LogP) is 1.60. The molecule has 2 unspecified atom stereocenters. The highest BCUT2D eigenvalue weighted by Gasteiger charge is 2.16. The highest BCUT2D eigenvalue weighted by atomic mass is 15.2. The van der Waals surface area contributed by atoms with Crippen molar-refractivity contribution in [3.8, 4) is 0 Å². The SMILES string of the molecule is CC(N)CN1CCCCCC1C. The Morgan fingerprint density at radius 2 is 2.17 bits per heavy atom. The summed E-state index contributed by atoms with van der Waals surface area (Å²) in [5.74, 6) is 0. The lowest BCUT2D eigenvalue weighted by Gasteiger charge is -2.28. The zero-order chi connectivity index (χ0) is 8.97. The van der Waals surface area contributed by atoms with E-state index in [9.17, 15) is 0 Å². The molecule has 1 saturated heterocycles. The van der Waals surface area contributed by atoms with Crippen molar-refractivity contribution in [3.63, 3.8) is 0 Å². The van der Waals surface area contributed by atoms with Gasteiger partial charge in [-0.3, -0.25) is 4.90 Å². The van der Waals surface area contributed by atoms with Gasteiger partial charge in [0.15, 0.2) is 0 Å². The maximum absolute atomic E-state index is 5.79. The molecule has 0 saturated carbocycles. The number of rotatable bonds is 2. The van der Waals surface area contributed by atoms with Crippen LogP contribution in [0.2, 0.25) is 0 Å². The first-order chi connectivity index (χ1) is 5.70. The van der Waals surface area contributed by atoms with Crippen LogP contribution in [0.1, 0.15) is 39.5 Å². The van der Waals surface area contributed by atoms with Crippen LogP contribution in [0.25, 0.3) is 0 Å². The van der Waals surface area contributed by atoms with E-state index in [1.54, 1.807) is 0 Å². The molecule has 12 heavy (non-hydrogen) atoms. The molecule has 0 radical (unpaired) electrons. The summed E-state index contributed by atoms with van der Waals surface area (Å²) in [6.45, 7) is 6.75. The molecule has 0 aromatic carbocycles. The highest BCUT2D eigenvalue weighted by molar-refractivity contribution is 4.73. The first-order valence-corrected chi connectivity index (χ1v) is 5.20. The molecule has 1 fully saturated rings. The quantitative estimate of drug-likeness (QED) is 0.682. The number of nitrogens with two attached hydrogens (primary N) is 1. The van der Waals surface area contributed by atoms with Crippen LogP contribution >= 0.6 is 0 Å². The van der Waals surface area contributed by atoms with Crippen LogP contribution in [0.5, 0.6) is 0 Å². The third-order valence-corrected chi connectivity index (χ3v) is 2.71. The molecule has 1 aliphatic heterocycles. The molecular weight excluding hydrogens is 148 g/mol. The molecule has 1 aliphatic rings. The number of hydrogen-bond donors (Lipinski definition) is 1. The van der Waals surface area contributed by atoms with Crippen LogP contribution in [0.15, 0.2) is 0 Å². The van der Waals surface area contributed by atoms with E-state index in [-0.39, 0.29) is 0 Å². The van der Waals surface area contributed by atoms with E-state index in [2.05, 4.69) is 18.7 Å². The monoisotopic (exact) mass is 170 g/mol. The van der Waals surface area contributed by atoms with Crippen molar-refractivity contribution in [2.45, 2.75) is 51.6 Å². The second-order valence-electron chi connectivity index (χ2n) is 4.17. The van der Waals surface area contributed by atoms with E-state index in [1.165, 1.54) is 32.2 Å². The van der Waals surface area contributed by atoms with Gasteiger partial charge in [-0.15, -0.1) is 0 Å². The van der Waals surface area contributed by atoms with E-state index in [0.717, 1.165) is 12.6 Å². The standard InChI is InChI=1S/C10H22N2/c1-9(11)8-12-7-5-3-4-6-10(12)2/h9-10H,3-8,11H2,1-2H3. The average molecular weight is 170 g/mol. The Morgan fingerprint density at radius 1 is 1.42 bits per heavy atom. The molecule has 2 N–H and O–H groups in total. The van der Waals surface area contributed by atoms with Gasteiger partial charge in [0.1, 0.15) is 0 Å². The summed E-state index contributed by atoms with van der Waals surface area (Å²) in [7, 11) is 0. The van der Waals surface area contributed by atoms with E-state index in [0.29, 0.717) is 6.04 Å². The van der Waals surface area contributed by atoms with Gasteiger partial charge in [-0.05, 0) is 33.2 Å². The molecule has 0 amide bonds. The molecule has 2 heteroatoms. The second kappa shape index (κ2) is 4.83. The Kier molecular flexibility index (Phi) is 4.02. The Labute approximate surface area is 76.1 Å². The minimum atomic E-state index is 0.325. The number of nitrogens with zero attached hydrogens (tertiary/aromatic N) is 1. The van der Waals surface area contributed by atoms with Crippen LogP contribution < -0.4 is 5.73 Å². The fourth-order valence-corrected chi connectivity index (χ4v) is 1.98. The van der Waals surface area contributed by atoms with Crippen molar-refractivity contribution >= 4 is 0 Å². The number of hydrogen-bond acceptors (Lipinski definition) is 2. The lowest BCUT2D eigenvalue weighted by atomic mass is 10.1. The lowest BCUT2D eigenvalue weighted by molar-refractivity contribution is 0.204. The molecular formula is C10H22N2. The van der Waals surface area contributed by atoms with Gasteiger partial charge in [-0.25, -0.2) is 0 Å². The fourth-order valence-electron chi connectivity index (χ4n) is 1.98. The summed E-state index contributed by atoms with van der Waals surface area (Å²) in [5, 5.41) is 0. The normalized spacial score (nSPS) is 29.8. The molecule has 72 valence electrons. The molecule has 0 aromatic heterocycles. The third kappa shape index (κ3) is 3.11. The van der Waals surface area contributed by atoms with Gasteiger partial charge in [0.25, 0.3) is 0 Å². The lowest BCUT2D eigenvalue weighted by Crippen LogP contribution is -2.40. The smallest absolute Gasteiger partial charge is 0.0139 e. The molecule has 2 nitrogen and oxygen atoms in total. The van der Waals surface area contributed by atoms with Gasteiger partial charge < -0.3 is 5.73 Å². The van der Waals surface area contributed by atoms with Crippen molar-refractivity contribution < 1.29 is 0 Å². The van der Waals surface area contributed by atoms with Gasteiger partial charge in [0.2, 0.25) is 0 Å². The van der Waals surface area contributed by atoms with Crippen LogP contribution in [0.3, 0.4) is 0 Å². The van der Waals surface area contributed by atoms with E-state index in [1.807, 2.05) is 0 Å². The molecule has 0 aromatic rings. The highest BCUT2D eigenvalue weighted by Crippen LogP contribution is 2.15. The van der Waals surface area contributed by atoms with Gasteiger partial charge >= 0.3 is 0 Å². The van der Waals surface area contributed by atoms with Crippen molar-refractivity contribution in [2.24, 2.45) is 5.73 Å². The second-order valence-corrected chi connectivity index (χ2v) is 4.17. The molecule has 0 aliphatic carbocycles. The van der Waals surface area contributed by atoms with Crippen molar-refractivity contribution in [2.75, 3.05) is 13.1 Å². The summed E-state index contributed by atoms with van der Waals surface area (Å²) >= 11 is 0. The van der Waals surface area contributed by atoms with E-state index >= 15 is 0 Å².